The van der Waals surface area contributed by atoms with Crippen LogP contribution in [-0.2, 0) is 34.7 Å². The summed E-state index contributed by atoms with van der Waals surface area (Å²) < 4.78 is 95.2. The number of rotatable bonds is 16. The summed E-state index contributed by atoms with van der Waals surface area (Å²) in [5.41, 5.74) is 9.11. The maximum atomic E-state index is 13.4. The largest absolute Gasteiger partial charge is 0.496 e. The molecule has 446 valence electrons. The Morgan fingerprint density at radius 2 is 0.988 bits per heavy atom. The monoisotopic (exact) mass is 1180 g/mol. The van der Waals surface area contributed by atoms with E-state index in [1.165, 1.54) is 14.2 Å². The number of hydrogen-bond donors (Lipinski definition) is 1. The molecule has 21 nitrogen and oxygen atoms in total. The summed E-state index contributed by atoms with van der Waals surface area (Å²) in [6, 6.07) is 18.3. The minimum Gasteiger partial charge on any atom is -0.496 e. The number of nitrogens with zero attached hydrogens (tertiary/aromatic N) is 1. The molecule has 0 aliphatic carbocycles. The number of carbonyl (C=O) groups excluding carboxylic acids is 2. The van der Waals surface area contributed by atoms with Crippen LogP contribution >= 0.6 is 11.6 Å². The Hall–Kier alpha value is -8.53. The second kappa shape index (κ2) is 25.1. The zero-order valence-electron chi connectivity index (χ0n) is 48.8. The van der Waals surface area contributed by atoms with Gasteiger partial charge in [0.05, 0.1) is 95.9 Å². The highest BCUT2D eigenvalue weighted by Gasteiger charge is 2.48. The minimum atomic E-state index is -0.678. The number of esters is 2. The van der Waals surface area contributed by atoms with Crippen molar-refractivity contribution in [3.8, 4) is 86.2 Å². The Morgan fingerprint density at radius 3 is 1.51 bits per heavy atom. The van der Waals surface area contributed by atoms with Gasteiger partial charge in [-0.15, -0.1) is 11.6 Å². The summed E-state index contributed by atoms with van der Waals surface area (Å²) in [4.78, 5) is 28.4. The Bertz CT molecular complexity index is 3430. The highest BCUT2D eigenvalue weighted by atomic mass is 35.5. The van der Waals surface area contributed by atoms with Crippen LogP contribution in [0.5, 0.6) is 86.2 Å². The average molecular weight is 1180 g/mol. The van der Waals surface area contributed by atoms with E-state index in [0.717, 1.165) is 57.5 Å². The number of benzene rings is 6. The number of hydrogen-bond acceptors (Lipinski definition) is 21. The van der Waals surface area contributed by atoms with Crippen LogP contribution in [0.3, 0.4) is 0 Å². The predicted octanol–water partition coefficient (Wildman–Crippen LogP) is 9.77. The molecule has 0 aromatic heterocycles. The first-order chi connectivity index (χ1) is 40.9. The summed E-state index contributed by atoms with van der Waals surface area (Å²) in [7, 11) is 17.3. The van der Waals surface area contributed by atoms with Crippen molar-refractivity contribution < 1.29 is 90.1 Å². The molecule has 0 fully saturated rings. The van der Waals surface area contributed by atoms with E-state index in [1.807, 2.05) is 61.5 Å². The first-order valence-electron chi connectivity index (χ1n) is 26.8. The van der Waals surface area contributed by atoms with Gasteiger partial charge in [-0.2, -0.15) is 0 Å². The molecule has 22 heteroatoms. The molecule has 84 heavy (non-hydrogen) atoms. The van der Waals surface area contributed by atoms with Crippen LogP contribution in [0.1, 0.15) is 95.1 Å². The van der Waals surface area contributed by atoms with E-state index >= 15 is 0 Å². The molecule has 0 bridgehead atoms. The number of fused-ring (bicyclic) bond motifs is 6. The number of alkyl halides is 1. The van der Waals surface area contributed by atoms with Gasteiger partial charge in [0, 0.05) is 46.8 Å². The fourth-order valence-corrected chi connectivity index (χ4v) is 12.1. The topological polar surface area (TPSA) is 206 Å². The van der Waals surface area contributed by atoms with Crippen molar-refractivity contribution in [3.05, 3.63) is 122 Å². The molecule has 12 rings (SSSR count). The van der Waals surface area contributed by atoms with E-state index in [-0.39, 0.29) is 25.6 Å². The van der Waals surface area contributed by atoms with Crippen molar-refractivity contribution in [3.63, 3.8) is 0 Å². The Morgan fingerprint density at radius 1 is 0.512 bits per heavy atom. The molecule has 0 saturated carbocycles. The predicted molar refractivity (Wildman–Crippen MR) is 305 cm³/mol. The fourth-order valence-electron chi connectivity index (χ4n) is 11.9. The molecule has 0 saturated heterocycles. The van der Waals surface area contributed by atoms with E-state index in [0.29, 0.717) is 128 Å². The number of cyclic esters (lactones) is 2. The molecule has 0 spiro atoms. The van der Waals surface area contributed by atoms with Gasteiger partial charge in [-0.3, -0.25) is 4.90 Å². The van der Waals surface area contributed by atoms with Gasteiger partial charge in [-0.05, 0) is 97.1 Å². The Labute approximate surface area is 491 Å². The van der Waals surface area contributed by atoms with Crippen LogP contribution in [0.15, 0.2) is 60.7 Å². The third-order valence-corrected chi connectivity index (χ3v) is 15.9. The normalized spacial score (nSPS) is 18.2. The SMILES string of the molecule is COc1cc(CCl)cc(OC)c1OC.COc1cc(CN2CCc3cc4c(c(OC)c3[C@@H]2[C@H]2OC(=O)c3c2ccc(OC)c3OC)OCO4)cc(OC)c1OC.COc1ccc2c(c1C)C(=O)O[C@@H]2[C@@H]1NCCc2cc3c(c(OC)c21)OCO3. The lowest BCUT2D eigenvalue weighted by Gasteiger charge is -2.40. The second-order valence-electron chi connectivity index (χ2n) is 19.8. The summed E-state index contributed by atoms with van der Waals surface area (Å²) >= 11 is 5.73. The molecule has 4 atom stereocenters. The van der Waals surface area contributed by atoms with Gasteiger partial charge in [0.1, 0.15) is 23.5 Å². The third kappa shape index (κ3) is 10.4. The van der Waals surface area contributed by atoms with Crippen LogP contribution in [0.2, 0.25) is 0 Å². The first kappa shape index (κ1) is 58.7. The molecule has 6 aromatic rings. The third-order valence-electron chi connectivity index (χ3n) is 15.6. The summed E-state index contributed by atoms with van der Waals surface area (Å²) in [6.45, 7) is 4.06. The zero-order chi connectivity index (χ0) is 59.5. The van der Waals surface area contributed by atoms with E-state index in [4.69, 9.17) is 92.1 Å². The highest BCUT2D eigenvalue weighted by Crippen LogP contribution is 2.57. The number of halogens is 1. The van der Waals surface area contributed by atoms with Crippen LogP contribution in [0, 0.1) is 6.92 Å². The maximum Gasteiger partial charge on any atom is 0.343 e. The average Bonchev–Trinajstić information content (AvgIpc) is 2.04. The van der Waals surface area contributed by atoms with E-state index in [1.54, 1.807) is 70.1 Å². The Kier molecular flexibility index (Phi) is 17.6. The van der Waals surface area contributed by atoms with Crippen molar-refractivity contribution in [1.82, 2.24) is 10.2 Å². The lowest BCUT2D eigenvalue weighted by Crippen LogP contribution is -2.38. The van der Waals surface area contributed by atoms with Crippen molar-refractivity contribution in [1.29, 1.82) is 0 Å². The molecular weight excluding hydrogens is 1110 g/mol. The molecule has 0 radical (unpaired) electrons. The zero-order valence-corrected chi connectivity index (χ0v) is 49.6. The van der Waals surface area contributed by atoms with Crippen LogP contribution in [0.4, 0.5) is 0 Å². The van der Waals surface area contributed by atoms with Gasteiger partial charge >= 0.3 is 11.9 Å². The van der Waals surface area contributed by atoms with Gasteiger partial charge in [0.15, 0.2) is 57.5 Å². The van der Waals surface area contributed by atoms with Crippen LogP contribution in [-0.4, -0.2) is 122 Å². The lowest BCUT2D eigenvalue weighted by molar-refractivity contribution is 0.000481. The van der Waals surface area contributed by atoms with Crippen LogP contribution in [0.25, 0.3) is 0 Å². The summed E-state index contributed by atoms with van der Waals surface area (Å²) in [5.74, 6) is 8.19. The quantitative estimate of drug-likeness (QED) is 0.0707. The van der Waals surface area contributed by atoms with Gasteiger partial charge in [0.25, 0.3) is 0 Å². The van der Waals surface area contributed by atoms with E-state index < -0.39 is 24.2 Å². The molecule has 6 aliphatic rings. The fraction of sp³-hybridized carbons (Fsp3) is 0.387. The maximum absolute atomic E-state index is 13.4. The smallest absolute Gasteiger partial charge is 0.343 e. The number of nitrogens with one attached hydrogen (secondary N) is 1. The molecule has 1 N–H and O–H groups in total. The Balaban J connectivity index is 0.000000160. The van der Waals surface area contributed by atoms with Gasteiger partial charge in [-0.1, -0.05) is 12.1 Å². The minimum absolute atomic E-state index is 0.104. The van der Waals surface area contributed by atoms with E-state index in [2.05, 4.69) is 10.2 Å². The van der Waals surface area contributed by atoms with Crippen LogP contribution < -0.4 is 76.4 Å². The lowest BCUT2D eigenvalue weighted by atomic mass is 9.84. The molecule has 0 unspecified atom stereocenters. The summed E-state index contributed by atoms with van der Waals surface area (Å²) in [5, 5.41) is 3.51. The number of ether oxygens (including phenoxy) is 17. The highest BCUT2D eigenvalue weighted by molar-refractivity contribution is 6.17. The van der Waals surface area contributed by atoms with Crippen molar-refractivity contribution in [2.75, 3.05) is 105 Å². The van der Waals surface area contributed by atoms with Gasteiger partial charge in [-0.25, -0.2) is 9.59 Å². The molecule has 6 aromatic carbocycles. The molecule has 0 amide bonds. The van der Waals surface area contributed by atoms with Gasteiger partial charge < -0.3 is 85.8 Å². The van der Waals surface area contributed by atoms with Crippen molar-refractivity contribution in [2.24, 2.45) is 0 Å². The number of methoxy groups -OCH3 is 11. The van der Waals surface area contributed by atoms with Crippen molar-refractivity contribution >= 4 is 23.5 Å². The standard InChI is InChI=1S/C31H33NO10.C21H21NO6.C10H13ClO3/c1-34-19-8-7-18-24(28(19)38-5)31(33)42-26(18)25-23-17(13-22-29(30(23)39-6)41-15-40-22)9-10-32(25)14-16-11-20(35-2)27(37-4)21(12-16)36-3;1-10-13(24-2)5-4-12-15(10)21(23)28-18(12)17-16-11(6-7-22-17)8-14-19(20(16)25-3)27-9-26-14;1-12-8-4-7(6-11)5-9(13-2)10(8)14-3/h7-8,11-13,25-26H,9-10,14-15H2,1-6H3;4-5,8,17-18,22H,6-7,9H2,1-3H3;4-5H,6H2,1-3H3/t25-,26+;17-,18+;/m11./s1. The second-order valence-corrected chi connectivity index (χ2v) is 20.0. The van der Waals surface area contributed by atoms with Crippen molar-refractivity contribution in [2.45, 2.75) is 56.5 Å². The molecule has 6 aliphatic heterocycles. The van der Waals surface area contributed by atoms with Gasteiger partial charge in [0.2, 0.25) is 36.6 Å². The number of carbonyl (C=O) groups is 2. The molecular formula is C62H67ClN2O19. The molecule has 6 heterocycles. The first-order valence-corrected chi connectivity index (χ1v) is 27.4. The van der Waals surface area contributed by atoms with E-state index in [9.17, 15) is 9.59 Å². The summed E-state index contributed by atoms with van der Waals surface area (Å²) in [6.07, 6.45) is 0.402.